The Morgan fingerprint density at radius 1 is 1.08 bits per heavy atom. The predicted molar refractivity (Wildman–Crippen MR) is 93.4 cm³/mol. The average molecular weight is 343 g/mol. The molecule has 0 aliphatic carbocycles. The van der Waals surface area contributed by atoms with E-state index in [1.54, 1.807) is 30.3 Å². The lowest BCUT2D eigenvalue weighted by Crippen LogP contribution is -2.13. The first-order valence-electron chi connectivity index (χ1n) is 7.22. The molecule has 24 heavy (non-hydrogen) atoms. The van der Waals surface area contributed by atoms with Crippen molar-refractivity contribution >= 4 is 21.4 Å². The number of hydrogen-bond donors (Lipinski definition) is 2. The minimum atomic E-state index is -3.69. The first-order chi connectivity index (χ1) is 11.5. The molecule has 0 amide bonds. The lowest BCUT2D eigenvalue weighted by atomic mass is 10.2. The lowest BCUT2D eigenvalue weighted by Gasteiger charge is -2.13. The Kier molecular flexibility index (Phi) is 4.22. The van der Waals surface area contributed by atoms with E-state index >= 15 is 0 Å². The molecule has 0 saturated carbocycles. The Morgan fingerprint density at radius 2 is 1.83 bits per heavy atom. The molecule has 0 spiro atoms. The van der Waals surface area contributed by atoms with Gasteiger partial charge in [0.1, 0.15) is 6.33 Å². The highest BCUT2D eigenvalue weighted by Gasteiger charge is 2.15. The van der Waals surface area contributed by atoms with Gasteiger partial charge >= 0.3 is 0 Å². The van der Waals surface area contributed by atoms with E-state index in [1.807, 2.05) is 31.1 Å². The standard InChI is InChI=1S/C16H17N5O2S/c1-21(2)14-8-6-13(7-9-14)20-24(22,23)15-5-3-4-12(10-15)16-17-11-18-19-16/h3-11,20H,1-2H3,(H,17,18,19). The molecule has 2 aromatic carbocycles. The van der Waals surface area contributed by atoms with Gasteiger partial charge in [0, 0.05) is 31.0 Å². The largest absolute Gasteiger partial charge is 0.378 e. The van der Waals surface area contributed by atoms with Crippen LogP contribution in [0, 0.1) is 0 Å². The van der Waals surface area contributed by atoms with Crippen LogP contribution >= 0.6 is 0 Å². The summed E-state index contributed by atoms with van der Waals surface area (Å²) in [6.45, 7) is 0. The van der Waals surface area contributed by atoms with Gasteiger partial charge in [-0.1, -0.05) is 12.1 Å². The lowest BCUT2D eigenvalue weighted by molar-refractivity contribution is 0.601. The normalized spacial score (nSPS) is 11.2. The number of H-pyrrole nitrogens is 1. The van der Waals surface area contributed by atoms with Crippen molar-refractivity contribution in [3.8, 4) is 11.4 Å². The van der Waals surface area contributed by atoms with E-state index in [1.165, 1.54) is 12.4 Å². The highest BCUT2D eigenvalue weighted by atomic mass is 32.2. The Hall–Kier alpha value is -2.87. The van der Waals surface area contributed by atoms with Crippen molar-refractivity contribution < 1.29 is 8.42 Å². The fraction of sp³-hybridized carbons (Fsp3) is 0.125. The summed E-state index contributed by atoms with van der Waals surface area (Å²) in [6, 6.07) is 13.7. The topological polar surface area (TPSA) is 91.0 Å². The highest BCUT2D eigenvalue weighted by molar-refractivity contribution is 7.92. The van der Waals surface area contributed by atoms with E-state index in [-0.39, 0.29) is 4.90 Å². The second kappa shape index (κ2) is 6.32. The van der Waals surface area contributed by atoms with E-state index in [9.17, 15) is 8.42 Å². The number of rotatable bonds is 5. The second-order valence-electron chi connectivity index (χ2n) is 5.41. The van der Waals surface area contributed by atoms with Crippen molar-refractivity contribution in [2.75, 3.05) is 23.7 Å². The fourth-order valence-electron chi connectivity index (χ4n) is 2.20. The van der Waals surface area contributed by atoms with Gasteiger partial charge in [0.2, 0.25) is 0 Å². The number of hydrogen-bond acceptors (Lipinski definition) is 5. The molecule has 1 aromatic heterocycles. The summed E-state index contributed by atoms with van der Waals surface area (Å²) in [5.74, 6) is 0.516. The van der Waals surface area contributed by atoms with Crippen molar-refractivity contribution in [1.82, 2.24) is 15.2 Å². The number of nitrogens with zero attached hydrogens (tertiary/aromatic N) is 3. The maximum Gasteiger partial charge on any atom is 0.261 e. The first-order valence-corrected chi connectivity index (χ1v) is 8.70. The van der Waals surface area contributed by atoms with Crippen LogP contribution in [0.25, 0.3) is 11.4 Å². The molecule has 124 valence electrons. The van der Waals surface area contributed by atoms with Gasteiger partial charge < -0.3 is 4.90 Å². The molecule has 0 atom stereocenters. The first kappa shape index (κ1) is 16.0. The minimum absolute atomic E-state index is 0.160. The number of nitrogens with one attached hydrogen (secondary N) is 2. The van der Waals surface area contributed by atoms with E-state index in [4.69, 9.17) is 0 Å². The monoisotopic (exact) mass is 343 g/mol. The summed E-state index contributed by atoms with van der Waals surface area (Å²) in [5, 5.41) is 6.49. The average Bonchev–Trinajstić information content (AvgIpc) is 3.10. The quantitative estimate of drug-likeness (QED) is 0.742. The molecule has 3 rings (SSSR count). The summed E-state index contributed by atoms with van der Waals surface area (Å²) in [4.78, 5) is 6.14. The van der Waals surface area contributed by atoms with Gasteiger partial charge in [0.15, 0.2) is 5.82 Å². The Bertz CT molecular complexity index is 919. The molecule has 0 aliphatic rings. The molecule has 0 radical (unpaired) electrons. The van der Waals surface area contributed by atoms with Crippen molar-refractivity contribution in [3.63, 3.8) is 0 Å². The maximum atomic E-state index is 12.6. The molecule has 0 bridgehead atoms. The summed E-state index contributed by atoms with van der Waals surface area (Å²) in [7, 11) is 0.164. The molecule has 0 unspecified atom stereocenters. The van der Waals surface area contributed by atoms with Crippen LogP contribution in [0.15, 0.2) is 59.8 Å². The molecule has 8 heteroatoms. The molecule has 3 aromatic rings. The molecule has 1 heterocycles. The van der Waals surface area contributed by atoms with Gasteiger partial charge in [-0.3, -0.25) is 9.82 Å². The van der Waals surface area contributed by atoms with Gasteiger partial charge in [-0.05, 0) is 36.4 Å². The van der Waals surface area contributed by atoms with Gasteiger partial charge in [-0.25, -0.2) is 13.4 Å². The summed E-state index contributed by atoms with van der Waals surface area (Å²) in [6.07, 6.45) is 1.38. The third-order valence-electron chi connectivity index (χ3n) is 3.47. The fourth-order valence-corrected chi connectivity index (χ4v) is 3.30. The number of benzene rings is 2. The maximum absolute atomic E-state index is 12.6. The van der Waals surface area contributed by atoms with E-state index < -0.39 is 10.0 Å². The van der Waals surface area contributed by atoms with Crippen LogP contribution in [-0.4, -0.2) is 37.7 Å². The smallest absolute Gasteiger partial charge is 0.261 e. The Balaban J connectivity index is 1.86. The van der Waals surface area contributed by atoms with Gasteiger partial charge in [0.25, 0.3) is 10.0 Å². The number of anilines is 2. The van der Waals surface area contributed by atoms with E-state index in [2.05, 4.69) is 19.9 Å². The van der Waals surface area contributed by atoms with Crippen LogP contribution in [0.4, 0.5) is 11.4 Å². The number of sulfonamides is 1. The zero-order valence-corrected chi connectivity index (χ0v) is 14.1. The van der Waals surface area contributed by atoms with Crippen LogP contribution in [0.3, 0.4) is 0 Å². The van der Waals surface area contributed by atoms with Crippen LogP contribution in [0.5, 0.6) is 0 Å². The number of aromatic amines is 1. The third kappa shape index (κ3) is 3.38. The molecule has 0 fully saturated rings. The third-order valence-corrected chi connectivity index (χ3v) is 4.85. The van der Waals surface area contributed by atoms with Crippen LogP contribution in [0.2, 0.25) is 0 Å². The van der Waals surface area contributed by atoms with Crippen molar-refractivity contribution in [3.05, 3.63) is 54.9 Å². The highest BCUT2D eigenvalue weighted by Crippen LogP contribution is 2.22. The van der Waals surface area contributed by atoms with Crippen LogP contribution < -0.4 is 9.62 Å². The predicted octanol–water partition coefficient (Wildman–Crippen LogP) is 2.34. The SMILES string of the molecule is CN(C)c1ccc(NS(=O)(=O)c2cccc(-c3ncn[nH]3)c2)cc1. The van der Waals surface area contributed by atoms with Crippen LogP contribution in [0.1, 0.15) is 0 Å². The number of aromatic nitrogens is 3. The molecule has 2 N–H and O–H groups in total. The molecule has 0 aliphatic heterocycles. The Labute approximate surface area is 140 Å². The zero-order valence-electron chi connectivity index (χ0n) is 13.3. The van der Waals surface area contributed by atoms with Crippen LogP contribution in [-0.2, 0) is 10.0 Å². The summed E-state index contributed by atoms with van der Waals surface area (Å²) >= 11 is 0. The Morgan fingerprint density at radius 3 is 2.46 bits per heavy atom. The minimum Gasteiger partial charge on any atom is -0.378 e. The van der Waals surface area contributed by atoms with Crippen molar-refractivity contribution in [2.45, 2.75) is 4.90 Å². The molecule has 0 saturated heterocycles. The summed E-state index contributed by atoms with van der Waals surface area (Å²) < 4.78 is 27.7. The van der Waals surface area contributed by atoms with Crippen molar-refractivity contribution in [2.24, 2.45) is 0 Å². The van der Waals surface area contributed by atoms with Crippen molar-refractivity contribution in [1.29, 1.82) is 0 Å². The summed E-state index contributed by atoms with van der Waals surface area (Å²) in [5.41, 5.74) is 2.15. The van der Waals surface area contributed by atoms with Gasteiger partial charge in [0.05, 0.1) is 4.90 Å². The second-order valence-corrected chi connectivity index (χ2v) is 7.09. The van der Waals surface area contributed by atoms with Gasteiger partial charge in [-0.2, -0.15) is 5.10 Å². The van der Waals surface area contributed by atoms with E-state index in [0.29, 0.717) is 17.1 Å². The van der Waals surface area contributed by atoms with E-state index in [0.717, 1.165) is 5.69 Å². The molecule has 7 nitrogen and oxygen atoms in total. The van der Waals surface area contributed by atoms with Gasteiger partial charge in [-0.15, -0.1) is 0 Å². The molecular formula is C16H17N5O2S. The molecular weight excluding hydrogens is 326 g/mol. The zero-order chi connectivity index (χ0) is 17.2.